The summed E-state index contributed by atoms with van der Waals surface area (Å²) >= 11 is 0. The first kappa shape index (κ1) is 45.7. The summed E-state index contributed by atoms with van der Waals surface area (Å²) in [5.74, 6) is -0.326. The molecule has 1 aliphatic rings. The molecule has 0 aliphatic carbocycles. The number of hydrogen-bond donors (Lipinski definition) is 4. The van der Waals surface area contributed by atoms with E-state index >= 15 is 0 Å². The zero-order valence-corrected chi connectivity index (χ0v) is 31.2. The van der Waals surface area contributed by atoms with Crippen LogP contribution in [0.2, 0.25) is 0 Å². The minimum absolute atomic E-state index is 0.117. The highest BCUT2D eigenvalue weighted by Gasteiger charge is 2.44. The highest BCUT2D eigenvalue weighted by atomic mass is 16.7. The van der Waals surface area contributed by atoms with Crippen LogP contribution < -0.4 is 0 Å². The fourth-order valence-electron chi connectivity index (χ4n) is 5.88. The third-order valence-electron chi connectivity index (χ3n) is 9.09. The molecule has 6 atom stereocenters. The zero-order chi connectivity index (χ0) is 35.8. The number of carbonyl (C=O) groups excluding carboxylic acids is 1. The van der Waals surface area contributed by atoms with Crippen LogP contribution in [-0.2, 0) is 23.7 Å². The molecule has 1 fully saturated rings. The van der Waals surface area contributed by atoms with Gasteiger partial charge in [0.1, 0.15) is 30.5 Å². The van der Waals surface area contributed by atoms with Gasteiger partial charge >= 0.3 is 5.97 Å². The predicted octanol–water partition coefficient (Wildman–Crippen LogP) is 7.86. The largest absolute Gasteiger partial charge is 0.457 e. The van der Waals surface area contributed by atoms with E-state index in [2.05, 4.69) is 38.2 Å². The molecule has 6 unspecified atom stereocenters. The van der Waals surface area contributed by atoms with Crippen molar-refractivity contribution in [3.63, 3.8) is 0 Å². The van der Waals surface area contributed by atoms with Crippen LogP contribution in [0, 0.1) is 0 Å². The van der Waals surface area contributed by atoms with Crippen LogP contribution in [0.25, 0.3) is 0 Å². The molecule has 0 radical (unpaired) electrons. The molecule has 0 spiro atoms. The van der Waals surface area contributed by atoms with Crippen molar-refractivity contribution < 1.29 is 44.2 Å². The van der Waals surface area contributed by atoms with E-state index in [1.54, 1.807) is 0 Å². The topological polar surface area (TPSA) is 135 Å². The molecule has 288 valence electrons. The summed E-state index contributed by atoms with van der Waals surface area (Å²) in [6.45, 7) is 4.48. The number of carbonyl (C=O) groups is 1. The van der Waals surface area contributed by atoms with Gasteiger partial charge in [0.05, 0.1) is 19.8 Å². The van der Waals surface area contributed by atoms with Crippen LogP contribution in [-0.4, -0.2) is 89.6 Å². The standard InChI is InChI=1S/C40H74O9/c1-3-5-7-9-11-13-15-17-18-19-21-23-25-27-29-36(42)48-34(33-47-40-39(45)38(44)37(43)35(31-41)49-40)32-46-30-28-26-24-22-20-16-14-12-10-8-6-4-2/h10,12,15,17,34-35,37-41,43-45H,3-9,11,13-14,16,18-33H2,1-2H3/b12-10-,17-15-. The van der Waals surface area contributed by atoms with Crippen molar-refractivity contribution in [3.8, 4) is 0 Å². The summed E-state index contributed by atoms with van der Waals surface area (Å²) in [5, 5.41) is 39.9. The lowest BCUT2D eigenvalue weighted by atomic mass is 9.99. The van der Waals surface area contributed by atoms with E-state index < -0.39 is 43.4 Å². The van der Waals surface area contributed by atoms with Crippen molar-refractivity contribution in [2.45, 2.75) is 198 Å². The summed E-state index contributed by atoms with van der Waals surface area (Å²) in [5.41, 5.74) is 0. The van der Waals surface area contributed by atoms with Crippen molar-refractivity contribution in [1.29, 1.82) is 0 Å². The van der Waals surface area contributed by atoms with Crippen molar-refractivity contribution in [1.82, 2.24) is 0 Å². The maximum Gasteiger partial charge on any atom is 0.306 e. The number of rotatable bonds is 33. The first-order valence-corrected chi connectivity index (χ1v) is 19.9. The molecule has 0 aromatic carbocycles. The lowest BCUT2D eigenvalue weighted by Gasteiger charge is -2.39. The Morgan fingerprint density at radius 2 is 1.14 bits per heavy atom. The molecule has 0 bridgehead atoms. The lowest BCUT2D eigenvalue weighted by Crippen LogP contribution is -2.59. The molecule has 9 heteroatoms. The molecule has 0 saturated carbocycles. The molecule has 49 heavy (non-hydrogen) atoms. The van der Waals surface area contributed by atoms with Crippen molar-refractivity contribution in [2.24, 2.45) is 0 Å². The molecule has 9 nitrogen and oxygen atoms in total. The van der Waals surface area contributed by atoms with E-state index in [1.165, 1.54) is 83.5 Å². The highest BCUT2D eigenvalue weighted by Crippen LogP contribution is 2.22. The van der Waals surface area contributed by atoms with E-state index in [1.807, 2.05) is 0 Å². The number of esters is 1. The second-order valence-corrected chi connectivity index (χ2v) is 13.7. The van der Waals surface area contributed by atoms with Crippen LogP contribution in [0.1, 0.15) is 162 Å². The van der Waals surface area contributed by atoms with Crippen LogP contribution in [0.5, 0.6) is 0 Å². The predicted molar refractivity (Wildman–Crippen MR) is 196 cm³/mol. The third-order valence-corrected chi connectivity index (χ3v) is 9.09. The van der Waals surface area contributed by atoms with Crippen LogP contribution in [0.3, 0.4) is 0 Å². The Bertz CT molecular complexity index is 803. The Kier molecular flexibility index (Phi) is 30.4. The summed E-state index contributed by atoms with van der Waals surface area (Å²) in [7, 11) is 0. The molecule has 1 rings (SSSR count). The quantitative estimate of drug-likeness (QED) is 0.0307. The number of allylic oxidation sites excluding steroid dienone is 4. The summed E-state index contributed by atoms with van der Waals surface area (Å²) < 4.78 is 22.7. The number of aliphatic hydroxyl groups excluding tert-OH is 4. The van der Waals surface area contributed by atoms with Gasteiger partial charge in [-0.2, -0.15) is 0 Å². The van der Waals surface area contributed by atoms with E-state index in [0.717, 1.165) is 57.8 Å². The normalized spacial score (nSPS) is 22.0. The Labute approximate surface area is 298 Å². The maximum atomic E-state index is 12.7. The van der Waals surface area contributed by atoms with Gasteiger partial charge in [0, 0.05) is 13.0 Å². The summed E-state index contributed by atoms with van der Waals surface area (Å²) in [4.78, 5) is 12.7. The van der Waals surface area contributed by atoms with Crippen LogP contribution in [0.15, 0.2) is 24.3 Å². The van der Waals surface area contributed by atoms with Gasteiger partial charge in [-0.1, -0.05) is 122 Å². The average Bonchev–Trinajstić information content (AvgIpc) is 3.10. The summed E-state index contributed by atoms with van der Waals surface area (Å²) in [6.07, 6.45) is 27.7. The Morgan fingerprint density at radius 3 is 1.71 bits per heavy atom. The van der Waals surface area contributed by atoms with Gasteiger partial charge < -0.3 is 39.4 Å². The smallest absolute Gasteiger partial charge is 0.306 e. The van der Waals surface area contributed by atoms with E-state index in [9.17, 15) is 25.2 Å². The van der Waals surface area contributed by atoms with Crippen molar-refractivity contribution >= 4 is 5.97 Å². The summed E-state index contributed by atoms with van der Waals surface area (Å²) in [6, 6.07) is 0. The molecule has 0 amide bonds. The van der Waals surface area contributed by atoms with Gasteiger partial charge in [0.2, 0.25) is 0 Å². The van der Waals surface area contributed by atoms with E-state index in [4.69, 9.17) is 18.9 Å². The average molecular weight is 699 g/mol. The fraction of sp³-hybridized carbons (Fsp3) is 0.875. The Balaban J connectivity index is 2.33. The molecular formula is C40H74O9. The third kappa shape index (κ3) is 24.5. The van der Waals surface area contributed by atoms with Crippen LogP contribution >= 0.6 is 0 Å². The molecule has 1 aliphatic heterocycles. The SMILES string of the molecule is CCCC/C=C\CCCCCCCCOCC(COC1OC(CO)C(O)C(O)C1O)OC(=O)CCCCCCC/C=C\CCCCCCC. The molecule has 0 aromatic rings. The Hall–Kier alpha value is -1.33. The molecule has 4 N–H and O–H groups in total. The lowest BCUT2D eigenvalue weighted by molar-refractivity contribution is -0.305. The Morgan fingerprint density at radius 1 is 0.633 bits per heavy atom. The van der Waals surface area contributed by atoms with Gasteiger partial charge in [0.25, 0.3) is 0 Å². The number of unbranched alkanes of at least 4 members (excludes halogenated alkanes) is 18. The van der Waals surface area contributed by atoms with Crippen LogP contribution in [0.4, 0.5) is 0 Å². The minimum atomic E-state index is -1.54. The van der Waals surface area contributed by atoms with Gasteiger partial charge in [-0.15, -0.1) is 0 Å². The molecule has 0 aromatic heterocycles. The zero-order valence-electron chi connectivity index (χ0n) is 31.2. The first-order valence-electron chi connectivity index (χ1n) is 19.9. The van der Waals surface area contributed by atoms with Crippen molar-refractivity contribution in [3.05, 3.63) is 24.3 Å². The van der Waals surface area contributed by atoms with Gasteiger partial charge in [-0.3, -0.25) is 4.79 Å². The van der Waals surface area contributed by atoms with Crippen molar-refractivity contribution in [2.75, 3.05) is 26.4 Å². The van der Waals surface area contributed by atoms with Gasteiger partial charge in [-0.25, -0.2) is 0 Å². The second-order valence-electron chi connectivity index (χ2n) is 13.7. The van der Waals surface area contributed by atoms with Gasteiger partial charge in [-0.05, 0) is 57.8 Å². The molecule has 1 saturated heterocycles. The first-order chi connectivity index (χ1) is 23.9. The highest BCUT2D eigenvalue weighted by molar-refractivity contribution is 5.69. The minimum Gasteiger partial charge on any atom is -0.457 e. The molecular weight excluding hydrogens is 624 g/mol. The maximum absolute atomic E-state index is 12.7. The number of ether oxygens (including phenoxy) is 4. The number of hydrogen-bond acceptors (Lipinski definition) is 9. The number of aliphatic hydroxyl groups is 4. The second kappa shape index (κ2) is 32.6. The van der Waals surface area contributed by atoms with E-state index in [-0.39, 0.29) is 19.2 Å². The van der Waals surface area contributed by atoms with E-state index in [0.29, 0.717) is 13.0 Å². The fourth-order valence-corrected chi connectivity index (χ4v) is 5.88. The monoisotopic (exact) mass is 699 g/mol. The van der Waals surface area contributed by atoms with Gasteiger partial charge in [0.15, 0.2) is 6.29 Å². The molecule has 1 heterocycles.